The van der Waals surface area contributed by atoms with E-state index in [0.717, 1.165) is 16.7 Å². The normalized spacial score (nSPS) is 12.8. The summed E-state index contributed by atoms with van der Waals surface area (Å²) in [4.78, 5) is 0. The Morgan fingerprint density at radius 2 is 1.31 bits per heavy atom. The average molecular weight is 421 g/mol. The second-order valence-electron chi connectivity index (χ2n) is 11.2. The first-order valence-corrected chi connectivity index (χ1v) is 11.5. The average Bonchev–Trinajstić information content (AvgIpc) is 3.09. The molecule has 0 aliphatic heterocycles. The van der Waals surface area contributed by atoms with Gasteiger partial charge in [0.25, 0.3) is 0 Å². The third-order valence-corrected chi connectivity index (χ3v) is 6.64. The molecule has 1 aromatic heterocycles. The van der Waals surface area contributed by atoms with Gasteiger partial charge in [-0.1, -0.05) is 102 Å². The molecule has 0 atom stereocenters. The summed E-state index contributed by atoms with van der Waals surface area (Å²) >= 11 is 0. The zero-order chi connectivity index (χ0) is 22.8. The molecule has 4 aromatic carbocycles. The molecule has 0 saturated heterocycles. The van der Waals surface area contributed by atoms with E-state index < -0.39 is 0 Å². The maximum Gasteiger partial charge on any atom is 0.143 e. The van der Waals surface area contributed by atoms with Crippen LogP contribution < -0.4 is 0 Å². The number of furan rings is 1. The lowest BCUT2D eigenvalue weighted by Crippen LogP contribution is -2.13. The van der Waals surface area contributed by atoms with Crippen LogP contribution in [0.4, 0.5) is 0 Å². The molecule has 0 radical (unpaired) electrons. The summed E-state index contributed by atoms with van der Waals surface area (Å²) in [5.41, 5.74) is 8.46. The van der Waals surface area contributed by atoms with Crippen molar-refractivity contribution in [3.8, 4) is 11.1 Å². The Labute approximate surface area is 191 Å². The highest BCUT2D eigenvalue weighted by Gasteiger charge is 2.24. The molecule has 0 unspecified atom stereocenters. The van der Waals surface area contributed by atoms with Gasteiger partial charge in [0, 0.05) is 21.9 Å². The first-order chi connectivity index (χ1) is 15.0. The summed E-state index contributed by atoms with van der Waals surface area (Å²) in [6, 6.07) is 24.5. The van der Waals surface area contributed by atoms with E-state index >= 15 is 0 Å². The summed E-state index contributed by atoms with van der Waals surface area (Å²) < 4.78 is 6.65. The highest BCUT2D eigenvalue weighted by Crippen LogP contribution is 2.41. The van der Waals surface area contributed by atoms with Gasteiger partial charge in [0.05, 0.1) is 0 Å². The maximum atomic E-state index is 6.65. The second-order valence-corrected chi connectivity index (χ2v) is 11.2. The molecule has 0 fully saturated rings. The van der Waals surface area contributed by atoms with E-state index in [4.69, 9.17) is 4.42 Å². The first kappa shape index (κ1) is 20.8. The van der Waals surface area contributed by atoms with Crippen molar-refractivity contribution in [2.75, 3.05) is 0 Å². The Hall–Kier alpha value is -3.06. The molecule has 0 N–H and O–H groups in total. The molecule has 0 aliphatic carbocycles. The minimum atomic E-state index is 0.0192. The van der Waals surface area contributed by atoms with E-state index in [1.165, 1.54) is 43.8 Å². The van der Waals surface area contributed by atoms with Gasteiger partial charge in [0.2, 0.25) is 0 Å². The van der Waals surface area contributed by atoms with Gasteiger partial charge in [-0.15, -0.1) is 0 Å². The van der Waals surface area contributed by atoms with Gasteiger partial charge in [-0.3, -0.25) is 0 Å². The third-order valence-electron chi connectivity index (χ3n) is 6.64. The van der Waals surface area contributed by atoms with E-state index in [1.54, 1.807) is 0 Å². The van der Waals surface area contributed by atoms with Crippen LogP contribution >= 0.6 is 0 Å². The van der Waals surface area contributed by atoms with Crippen molar-refractivity contribution < 1.29 is 4.42 Å². The molecule has 0 bridgehead atoms. The van der Waals surface area contributed by atoms with Gasteiger partial charge >= 0.3 is 0 Å². The van der Waals surface area contributed by atoms with Gasteiger partial charge in [-0.25, -0.2) is 0 Å². The Kier molecular flexibility index (Phi) is 4.53. The molecule has 0 spiro atoms. The summed E-state index contributed by atoms with van der Waals surface area (Å²) in [7, 11) is 0. The van der Waals surface area contributed by atoms with E-state index in [-0.39, 0.29) is 10.8 Å². The standard InChI is InChI=1S/C31H32O/c1-19-11-16-26-25-10-8-9-24(28(25)32-29(26)27(19)31(5,6)7)22-13-12-21-18-23(30(2,3)4)15-14-20(21)17-22/h8-18H,1-7H3. The first-order valence-electron chi connectivity index (χ1n) is 11.5. The smallest absolute Gasteiger partial charge is 0.143 e. The predicted molar refractivity (Wildman–Crippen MR) is 139 cm³/mol. The molecule has 5 aromatic rings. The highest BCUT2D eigenvalue weighted by atomic mass is 16.3. The number of fused-ring (bicyclic) bond motifs is 4. The number of aryl methyl sites for hydroxylation is 1. The number of hydrogen-bond donors (Lipinski definition) is 0. The Bertz CT molecular complexity index is 1480. The maximum absolute atomic E-state index is 6.65. The van der Waals surface area contributed by atoms with Crippen LogP contribution in [0.15, 0.2) is 71.1 Å². The number of para-hydroxylation sites is 1. The second kappa shape index (κ2) is 6.97. The van der Waals surface area contributed by atoms with Gasteiger partial charge in [-0.05, 0) is 51.3 Å². The summed E-state index contributed by atoms with van der Waals surface area (Å²) in [5, 5.41) is 4.93. The van der Waals surface area contributed by atoms with Crippen LogP contribution in [0.1, 0.15) is 58.2 Å². The zero-order valence-electron chi connectivity index (χ0n) is 20.3. The minimum absolute atomic E-state index is 0.0192. The molecule has 0 saturated carbocycles. The SMILES string of the molecule is Cc1ccc2c(oc3c(-c4ccc5cc(C(C)(C)C)ccc5c4)cccc32)c1C(C)(C)C. The molecule has 1 nitrogen and oxygen atoms in total. The van der Waals surface area contributed by atoms with Crippen LogP contribution in [0.2, 0.25) is 0 Å². The monoisotopic (exact) mass is 420 g/mol. The van der Waals surface area contributed by atoms with E-state index in [0.29, 0.717) is 0 Å². The molecule has 0 aliphatic rings. The van der Waals surface area contributed by atoms with Gasteiger partial charge in [0.1, 0.15) is 11.2 Å². The quantitative estimate of drug-likeness (QED) is 0.263. The highest BCUT2D eigenvalue weighted by molar-refractivity contribution is 6.11. The molecule has 1 heteroatoms. The lowest BCUT2D eigenvalue weighted by molar-refractivity contribution is 0.569. The van der Waals surface area contributed by atoms with Crippen molar-refractivity contribution in [2.45, 2.75) is 59.3 Å². The zero-order valence-corrected chi connectivity index (χ0v) is 20.3. The molecule has 0 amide bonds. The van der Waals surface area contributed by atoms with Crippen molar-refractivity contribution >= 4 is 32.7 Å². The van der Waals surface area contributed by atoms with Crippen LogP contribution in [0.3, 0.4) is 0 Å². The fraction of sp³-hybridized carbons (Fsp3) is 0.290. The van der Waals surface area contributed by atoms with Crippen molar-refractivity contribution in [1.29, 1.82) is 0 Å². The van der Waals surface area contributed by atoms with Crippen LogP contribution in [-0.4, -0.2) is 0 Å². The molecule has 1 heterocycles. The largest absolute Gasteiger partial charge is 0.455 e. The fourth-order valence-electron chi connectivity index (χ4n) is 5.00. The lowest BCUT2D eigenvalue weighted by Gasteiger charge is -2.21. The molecular formula is C31H32O. The minimum Gasteiger partial charge on any atom is -0.455 e. The Morgan fingerprint density at radius 3 is 2.03 bits per heavy atom. The fourth-order valence-corrected chi connectivity index (χ4v) is 5.00. The van der Waals surface area contributed by atoms with Gasteiger partial charge < -0.3 is 4.42 Å². The summed E-state index contributed by atoms with van der Waals surface area (Å²) in [5.74, 6) is 0. The third kappa shape index (κ3) is 3.32. The predicted octanol–water partition coefficient (Wildman–Crippen LogP) is 9.31. The molecule has 5 rings (SSSR count). The Balaban J connectivity index is 1.74. The van der Waals surface area contributed by atoms with Crippen molar-refractivity contribution in [1.82, 2.24) is 0 Å². The van der Waals surface area contributed by atoms with Crippen LogP contribution in [0, 0.1) is 6.92 Å². The van der Waals surface area contributed by atoms with Crippen LogP contribution in [0.25, 0.3) is 43.8 Å². The van der Waals surface area contributed by atoms with E-state index in [2.05, 4.69) is 115 Å². The van der Waals surface area contributed by atoms with E-state index in [1.807, 2.05) is 0 Å². The molecule has 162 valence electrons. The van der Waals surface area contributed by atoms with E-state index in [9.17, 15) is 0 Å². The Morgan fingerprint density at radius 1 is 0.625 bits per heavy atom. The summed E-state index contributed by atoms with van der Waals surface area (Å²) in [6.07, 6.45) is 0. The van der Waals surface area contributed by atoms with Crippen LogP contribution in [0.5, 0.6) is 0 Å². The summed E-state index contributed by atoms with van der Waals surface area (Å²) in [6.45, 7) is 15.8. The molecule has 32 heavy (non-hydrogen) atoms. The number of hydrogen-bond acceptors (Lipinski definition) is 1. The van der Waals surface area contributed by atoms with Gasteiger partial charge in [0.15, 0.2) is 0 Å². The topological polar surface area (TPSA) is 13.1 Å². The van der Waals surface area contributed by atoms with Crippen LogP contribution in [-0.2, 0) is 10.8 Å². The number of benzene rings is 4. The molecular weight excluding hydrogens is 388 g/mol. The van der Waals surface area contributed by atoms with Crippen molar-refractivity contribution in [3.63, 3.8) is 0 Å². The number of rotatable bonds is 1. The van der Waals surface area contributed by atoms with Gasteiger partial charge in [-0.2, -0.15) is 0 Å². The van der Waals surface area contributed by atoms with Crippen molar-refractivity contribution in [2.24, 2.45) is 0 Å². The van der Waals surface area contributed by atoms with Crippen molar-refractivity contribution in [3.05, 3.63) is 83.4 Å². The lowest BCUT2D eigenvalue weighted by atomic mass is 9.83.